The van der Waals surface area contributed by atoms with E-state index in [0.717, 1.165) is 16.8 Å². The molecule has 6 nitrogen and oxygen atoms in total. The van der Waals surface area contributed by atoms with Gasteiger partial charge in [0.15, 0.2) is 0 Å². The van der Waals surface area contributed by atoms with E-state index in [1.807, 2.05) is 24.3 Å². The molecule has 0 unspecified atom stereocenters. The Morgan fingerprint density at radius 3 is 2.88 bits per heavy atom. The normalized spacial score (nSPS) is 10.9. The average Bonchev–Trinajstić information content (AvgIpc) is 3.13. The molecule has 0 spiro atoms. The summed E-state index contributed by atoms with van der Waals surface area (Å²) in [6, 6.07) is 10.6. The Balaban J connectivity index is 1.65. The lowest BCUT2D eigenvalue weighted by atomic mass is 10.1. The number of H-pyrrole nitrogens is 1. The fraction of sp³-hybridized carbons (Fsp3) is 0.0588. The lowest BCUT2D eigenvalue weighted by molar-refractivity contribution is 0.639. The van der Waals surface area contributed by atoms with Gasteiger partial charge in [-0.25, -0.2) is 9.37 Å². The van der Waals surface area contributed by atoms with Crippen LogP contribution in [-0.4, -0.2) is 25.4 Å². The highest BCUT2D eigenvalue weighted by Crippen LogP contribution is 2.25. The first-order valence-electron chi connectivity index (χ1n) is 7.40. The van der Waals surface area contributed by atoms with Crippen LogP contribution in [0.15, 0.2) is 55.0 Å². The van der Waals surface area contributed by atoms with Crippen LogP contribution >= 0.6 is 0 Å². The van der Waals surface area contributed by atoms with Crippen LogP contribution in [0.2, 0.25) is 0 Å². The molecule has 3 aromatic heterocycles. The summed E-state index contributed by atoms with van der Waals surface area (Å²) >= 11 is 0. The molecular formula is C17H13FN6. The molecule has 0 aliphatic heterocycles. The monoisotopic (exact) mass is 320 g/mol. The lowest BCUT2D eigenvalue weighted by Gasteiger charge is -2.11. The van der Waals surface area contributed by atoms with Gasteiger partial charge in [0, 0.05) is 24.5 Å². The van der Waals surface area contributed by atoms with E-state index in [-0.39, 0.29) is 5.82 Å². The number of pyridine rings is 1. The summed E-state index contributed by atoms with van der Waals surface area (Å²) in [6.07, 6.45) is 4.82. The van der Waals surface area contributed by atoms with Gasteiger partial charge >= 0.3 is 0 Å². The summed E-state index contributed by atoms with van der Waals surface area (Å²) in [6.45, 7) is 0.475. The number of aromatic nitrogens is 5. The van der Waals surface area contributed by atoms with Gasteiger partial charge in [0.2, 0.25) is 0 Å². The maximum Gasteiger partial charge on any atom is 0.135 e. The maximum absolute atomic E-state index is 13.7. The predicted octanol–water partition coefficient (Wildman–Crippen LogP) is 3.17. The number of fused-ring (bicyclic) bond motifs is 1. The van der Waals surface area contributed by atoms with Gasteiger partial charge < -0.3 is 5.32 Å². The summed E-state index contributed by atoms with van der Waals surface area (Å²) in [4.78, 5) is 4.38. The molecule has 0 saturated heterocycles. The van der Waals surface area contributed by atoms with Crippen LogP contribution in [0.3, 0.4) is 0 Å². The van der Waals surface area contributed by atoms with E-state index in [1.54, 1.807) is 18.5 Å². The van der Waals surface area contributed by atoms with Crippen LogP contribution in [0, 0.1) is 5.82 Å². The number of benzene rings is 1. The third kappa shape index (κ3) is 2.56. The van der Waals surface area contributed by atoms with Crippen LogP contribution in [0.4, 0.5) is 10.2 Å². The minimum Gasteiger partial charge on any atom is -0.365 e. The highest BCUT2D eigenvalue weighted by molar-refractivity contribution is 5.82. The van der Waals surface area contributed by atoms with Gasteiger partial charge in [0.05, 0.1) is 22.8 Å². The van der Waals surface area contributed by atoms with Crippen LogP contribution in [-0.2, 0) is 6.54 Å². The molecule has 4 rings (SSSR count). The zero-order chi connectivity index (χ0) is 16.4. The zero-order valence-electron chi connectivity index (χ0n) is 12.6. The molecule has 7 heteroatoms. The molecule has 0 atom stereocenters. The van der Waals surface area contributed by atoms with Crippen molar-refractivity contribution in [2.24, 2.45) is 0 Å². The van der Waals surface area contributed by atoms with Crippen LogP contribution in [0.25, 0.3) is 22.2 Å². The van der Waals surface area contributed by atoms with Gasteiger partial charge in [0.1, 0.15) is 11.6 Å². The summed E-state index contributed by atoms with van der Waals surface area (Å²) in [7, 11) is 0. The van der Waals surface area contributed by atoms with Crippen molar-refractivity contribution >= 4 is 16.7 Å². The topological polar surface area (TPSA) is 79.4 Å². The van der Waals surface area contributed by atoms with Crippen molar-refractivity contribution in [3.8, 4) is 11.3 Å². The second-order valence-electron chi connectivity index (χ2n) is 5.23. The van der Waals surface area contributed by atoms with Crippen LogP contribution in [0.1, 0.15) is 5.56 Å². The first-order valence-corrected chi connectivity index (χ1v) is 7.40. The molecule has 24 heavy (non-hydrogen) atoms. The minimum atomic E-state index is -0.291. The summed E-state index contributed by atoms with van der Waals surface area (Å²) < 4.78 is 13.7. The Kier molecular flexibility index (Phi) is 3.59. The van der Waals surface area contributed by atoms with Gasteiger partial charge in [-0.05, 0) is 35.9 Å². The smallest absolute Gasteiger partial charge is 0.135 e. The number of halogens is 1. The minimum absolute atomic E-state index is 0.291. The molecule has 4 aromatic rings. The van der Waals surface area contributed by atoms with Crippen LogP contribution < -0.4 is 5.32 Å². The summed E-state index contributed by atoms with van der Waals surface area (Å²) in [5, 5.41) is 18.5. The Bertz CT molecular complexity index is 983. The van der Waals surface area contributed by atoms with Gasteiger partial charge in [-0.2, -0.15) is 15.3 Å². The number of hydrogen-bond donors (Lipinski definition) is 2. The molecule has 1 aromatic carbocycles. The predicted molar refractivity (Wildman–Crippen MR) is 88.6 cm³/mol. The first-order chi connectivity index (χ1) is 11.8. The van der Waals surface area contributed by atoms with Crippen molar-refractivity contribution in [3.63, 3.8) is 0 Å². The summed E-state index contributed by atoms with van der Waals surface area (Å²) in [5.41, 5.74) is 3.17. The van der Waals surface area contributed by atoms with Crippen molar-refractivity contribution in [3.05, 3.63) is 66.4 Å². The molecule has 118 valence electrons. The third-order valence-electron chi connectivity index (χ3n) is 3.75. The number of hydrogen-bond acceptors (Lipinski definition) is 5. The summed E-state index contributed by atoms with van der Waals surface area (Å²) in [5.74, 6) is 0.399. The van der Waals surface area contributed by atoms with E-state index < -0.39 is 0 Å². The average molecular weight is 320 g/mol. The molecule has 3 heterocycles. The Labute approximate surface area is 136 Å². The molecule has 0 fully saturated rings. The lowest BCUT2D eigenvalue weighted by Crippen LogP contribution is -2.04. The maximum atomic E-state index is 13.7. The highest BCUT2D eigenvalue weighted by Gasteiger charge is 2.10. The number of rotatable bonds is 4. The van der Waals surface area contributed by atoms with E-state index in [2.05, 4.69) is 30.7 Å². The largest absolute Gasteiger partial charge is 0.365 e. The van der Waals surface area contributed by atoms with Crippen molar-refractivity contribution in [2.45, 2.75) is 6.54 Å². The van der Waals surface area contributed by atoms with Crippen molar-refractivity contribution in [1.29, 1.82) is 0 Å². The van der Waals surface area contributed by atoms with Gasteiger partial charge in [-0.15, -0.1) is 0 Å². The molecule has 0 aliphatic rings. The number of nitrogens with zero attached hydrogens (tertiary/aromatic N) is 4. The fourth-order valence-corrected chi connectivity index (χ4v) is 2.58. The van der Waals surface area contributed by atoms with Gasteiger partial charge in [0.25, 0.3) is 0 Å². The van der Waals surface area contributed by atoms with Crippen molar-refractivity contribution in [2.75, 3.05) is 5.32 Å². The Morgan fingerprint density at radius 2 is 2.00 bits per heavy atom. The van der Waals surface area contributed by atoms with E-state index in [9.17, 15) is 4.39 Å². The molecule has 0 radical (unpaired) electrons. The quantitative estimate of drug-likeness (QED) is 0.604. The number of nitrogens with one attached hydrogen (secondary N) is 2. The Hall–Kier alpha value is -3.35. The van der Waals surface area contributed by atoms with E-state index in [0.29, 0.717) is 23.3 Å². The fourth-order valence-electron chi connectivity index (χ4n) is 2.58. The van der Waals surface area contributed by atoms with Gasteiger partial charge in [-0.3, -0.25) is 5.10 Å². The molecule has 0 amide bonds. The van der Waals surface area contributed by atoms with Crippen molar-refractivity contribution in [1.82, 2.24) is 25.4 Å². The van der Waals surface area contributed by atoms with Crippen LogP contribution in [0.5, 0.6) is 0 Å². The van der Waals surface area contributed by atoms with E-state index >= 15 is 0 Å². The molecule has 0 saturated carbocycles. The zero-order valence-corrected chi connectivity index (χ0v) is 12.6. The second kappa shape index (κ2) is 6.04. The number of aromatic amines is 1. The molecule has 0 aliphatic carbocycles. The standard InChI is InChI=1S/C17H13FN6/c18-14-6-5-11(16-13(14)10-22-24-16)9-20-17-12(3-1-7-19-17)15-4-2-8-21-23-15/h1-8,10H,9H2,(H,19,20)(H,22,24). The molecular weight excluding hydrogens is 307 g/mol. The third-order valence-corrected chi connectivity index (χ3v) is 3.75. The van der Waals surface area contributed by atoms with E-state index in [4.69, 9.17) is 0 Å². The molecule has 2 N–H and O–H groups in total. The molecule has 0 bridgehead atoms. The van der Waals surface area contributed by atoms with Gasteiger partial charge in [-0.1, -0.05) is 6.07 Å². The van der Waals surface area contributed by atoms with Crippen molar-refractivity contribution < 1.29 is 4.39 Å². The SMILES string of the molecule is Fc1ccc(CNc2ncccc2-c2cccnn2)c2[nH]ncc12. The second-order valence-corrected chi connectivity index (χ2v) is 5.23. The highest BCUT2D eigenvalue weighted by atomic mass is 19.1. The Morgan fingerprint density at radius 1 is 1.08 bits per heavy atom. The first kappa shape index (κ1) is 14.3. The number of anilines is 1. The van der Waals surface area contributed by atoms with E-state index in [1.165, 1.54) is 12.3 Å².